The van der Waals surface area contributed by atoms with Crippen molar-refractivity contribution in [2.45, 2.75) is 168 Å². The van der Waals surface area contributed by atoms with Gasteiger partial charge in [-0.1, -0.05) is 207 Å². The van der Waals surface area contributed by atoms with Crippen LogP contribution in [0, 0.1) is 0 Å². The summed E-state index contributed by atoms with van der Waals surface area (Å²) in [5.41, 5.74) is 11.8. The molecule has 2 amide bonds. The number of hydrogen-bond donors (Lipinski definition) is 2. The molecule has 440 valence electrons. The Balaban J connectivity index is 1.04. The van der Waals surface area contributed by atoms with E-state index < -0.39 is 0 Å². The van der Waals surface area contributed by atoms with Gasteiger partial charge < -0.3 is 15.5 Å². The Morgan fingerprint density at radius 3 is 1.80 bits per heavy atom. The minimum atomic E-state index is -0.114. The molecule has 6 heterocycles. The number of fused-ring (bicyclic) bond motifs is 3. The minimum absolute atomic E-state index is 0.101. The quantitative estimate of drug-likeness (QED) is 0.0248. The number of hydrogen-bond acceptors (Lipinski definition) is 11. The number of allylic oxidation sites excluding steroid dienone is 3. The Morgan fingerprint density at radius 2 is 1.24 bits per heavy atom. The van der Waals surface area contributed by atoms with Gasteiger partial charge in [-0.05, 0) is 163 Å². The van der Waals surface area contributed by atoms with Gasteiger partial charge in [0.25, 0.3) is 11.8 Å². The van der Waals surface area contributed by atoms with Gasteiger partial charge in [-0.3, -0.25) is 9.59 Å². The Hall–Kier alpha value is -4.70. The highest BCUT2D eigenvalue weighted by Gasteiger charge is 2.38. The summed E-state index contributed by atoms with van der Waals surface area (Å²) in [6.45, 7) is 9.11. The minimum Gasteiger partial charge on any atom is -0.355 e. The lowest BCUT2D eigenvalue weighted by Crippen LogP contribution is -2.28. The second kappa shape index (κ2) is 32.3. The van der Waals surface area contributed by atoms with Crippen molar-refractivity contribution in [1.82, 2.24) is 10.6 Å². The fourth-order valence-corrected chi connectivity index (χ4v) is 18.3. The number of thiocarbonyl (C=S) groups is 2. The maximum Gasteiger partial charge on any atom is 0.263 e. The molecule has 2 N–H and O–H groups in total. The van der Waals surface area contributed by atoms with E-state index in [1.807, 2.05) is 46.2 Å². The van der Waals surface area contributed by atoms with Crippen LogP contribution in [0.2, 0.25) is 0 Å². The van der Waals surface area contributed by atoms with Crippen LogP contribution in [0.5, 0.6) is 0 Å². The molecule has 84 heavy (non-hydrogen) atoms. The summed E-state index contributed by atoms with van der Waals surface area (Å²) in [6, 6.07) is 27.7. The van der Waals surface area contributed by atoms with Crippen LogP contribution in [0.4, 0.5) is 11.4 Å². The van der Waals surface area contributed by atoms with Crippen molar-refractivity contribution in [1.29, 1.82) is 0 Å². The summed E-state index contributed by atoms with van der Waals surface area (Å²) in [5.74, 6) is -0.0476. The number of unbranched alkanes of at least 4 members (excludes halogenated alkanes) is 12. The molecule has 3 aliphatic rings. The normalized spacial score (nSPS) is 16.4. The molecule has 1 fully saturated rings. The van der Waals surface area contributed by atoms with E-state index >= 15 is 0 Å². The largest absolute Gasteiger partial charge is 0.355 e. The molecule has 5 nitrogen and oxygen atoms in total. The fraction of sp³-hybridized carbons (Fsp3) is 0.380. The summed E-state index contributed by atoms with van der Waals surface area (Å²) in [6.07, 6.45) is 44.4. The second-order valence-corrected chi connectivity index (χ2v) is 29.6. The zero-order chi connectivity index (χ0) is 58.8. The smallest absolute Gasteiger partial charge is 0.263 e. The van der Waals surface area contributed by atoms with Crippen LogP contribution in [0.1, 0.15) is 189 Å². The highest BCUT2D eigenvalue weighted by atomic mass is 32.2. The van der Waals surface area contributed by atoms with Gasteiger partial charge in [0.2, 0.25) is 0 Å². The zero-order valence-electron chi connectivity index (χ0n) is 49.5. The number of thioether (sulfide) groups is 2. The van der Waals surface area contributed by atoms with Crippen LogP contribution in [-0.2, 0) is 35.3 Å². The lowest BCUT2D eigenvalue weighted by atomic mass is 9.87. The average molecular weight is 1260 g/mol. The molecular formula is C71H81N3O2S8. The predicted octanol–water partition coefficient (Wildman–Crippen LogP) is 22.0. The molecule has 1 aliphatic carbocycles. The van der Waals surface area contributed by atoms with E-state index in [9.17, 15) is 9.59 Å². The zero-order valence-corrected chi connectivity index (χ0v) is 56.1. The van der Waals surface area contributed by atoms with Crippen molar-refractivity contribution >= 4 is 156 Å². The first-order valence-corrected chi connectivity index (χ1v) is 36.5. The number of amides is 2. The fourth-order valence-electron chi connectivity index (χ4n) is 11.5. The second-order valence-electron chi connectivity index (χ2n) is 22.1. The van der Waals surface area contributed by atoms with Crippen molar-refractivity contribution < 1.29 is 9.59 Å². The summed E-state index contributed by atoms with van der Waals surface area (Å²) < 4.78 is 2.09. The van der Waals surface area contributed by atoms with E-state index in [2.05, 4.69) is 159 Å². The Morgan fingerprint density at radius 1 is 0.667 bits per heavy atom. The molecule has 2 unspecified atom stereocenters. The molecule has 0 spiro atoms. The lowest BCUT2D eigenvalue weighted by Gasteiger charge is -2.29. The summed E-state index contributed by atoms with van der Waals surface area (Å²) in [4.78, 5) is 39.6. The number of anilines is 2. The number of carbonyl (C=O) groups is 2. The Bertz CT molecular complexity index is 3430. The molecular weight excluding hydrogens is 1180 g/mol. The molecule has 1 saturated heterocycles. The van der Waals surface area contributed by atoms with Gasteiger partial charge in [-0.15, -0.1) is 45.3 Å². The molecule has 9 rings (SSSR count). The molecule has 4 aromatic heterocycles. The van der Waals surface area contributed by atoms with Crippen LogP contribution in [0.15, 0.2) is 112 Å². The van der Waals surface area contributed by atoms with Crippen LogP contribution < -0.4 is 15.5 Å². The third-order valence-corrected chi connectivity index (χ3v) is 22.9. The summed E-state index contributed by atoms with van der Waals surface area (Å²) in [5, 5.41) is 5.60. The van der Waals surface area contributed by atoms with Crippen molar-refractivity contribution in [3.8, 4) is 19.5 Å². The molecule has 2 aliphatic heterocycles. The van der Waals surface area contributed by atoms with E-state index in [-0.39, 0.29) is 23.8 Å². The highest BCUT2D eigenvalue weighted by Crippen LogP contribution is 2.50. The molecule has 13 heteroatoms. The first-order chi connectivity index (χ1) is 41.1. The van der Waals surface area contributed by atoms with E-state index in [0.717, 1.165) is 48.3 Å². The summed E-state index contributed by atoms with van der Waals surface area (Å²) in [7, 11) is 1.68. The molecule has 0 saturated carbocycles. The standard InChI is InChI=1S/C71H81N3O2S8/c1-6-10-14-19-25-50-43-63(67-52(27-21-16-12-8-3)41-55(80-67)45-65(79-47-77)69(75)72-5)82-61(50)37-33-48-31-35-59-57(39-48)58-40-49(32-36-60(58)74(59)54-29-23-18-24-30-54)34-38-62-51(26-20-15-11-7-2)44-64(83-62)68-53(28-22-17-13-9-4)42-56(81-68)46-66-70(76)73-71(78)84-66/h18,23-24,29-47,58,60H,6-17,19-22,25-28H2,1-5H3,(H,72,75)(H,73,76,78)/b37-33+,38-34+,65-45+,66-46+. The maximum atomic E-state index is 12.9. The van der Waals surface area contributed by atoms with Gasteiger partial charge in [0.15, 0.2) is 0 Å². The Kier molecular flexibility index (Phi) is 24.6. The molecule has 0 bridgehead atoms. The van der Waals surface area contributed by atoms with Gasteiger partial charge in [0.1, 0.15) is 4.32 Å². The first kappa shape index (κ1) is 63.8. The number of nitrogens with one attached hydrogen (secondary N) is 2. The van der Waals surface area contributed by atoms with Crippen molar-refractivity contribution in [2.75, 3.05) is 11.9 Å². The van der Waals surface area contributed by atoms with Crippen LogP contribution in [0.25, 0.3) is 49.9 Å². The first-order valence-electron chi connectivity index (χ1n) is 30.7. The average Bonchev–Trinajstić information content (AvgIpc) is 2.85. The molecule has 2 atom stereocenters. The van der Waals surface area contributed by atoms with E-state index in [0.29, 0.717) is 14.1 Å². The number of aryl methyl sites for hydroxylation is 4. The van der Waals surface area contributed by atoms with Crippen LogP contribution in [-0.4, -0.2) is 33.9 Å². The lowest BCUT2D eigenvalue weighted by molar-refractivity contribution is -0.116. The Labute approximate surface area is 536 Å². The van der Waals surface area contributed by atoms with E-state index in [1.165, 1.54) is 193 Å². The van der Waals surface area contributed by atoms with Crippen molar-refractivity contribution in [3.63, 3.8) is 0 Å². The van der Waals surface area contributed by atoms with E-state index in [4.69, 9.17) is 24.4 Å². The number of para-hydroxylation sites is 1. The summed E-state index contributed by atoms with van der Waals surface area (Å²) >= 11 is 20.6. The van der Waals surface area contributed by atoms with Gasteiger partial charge in [0.05, 0.1) is 15.9 Å². The third-order valence-electron chi connectivity index (χ3n) is 15.9. The topological polar surface area (TPSA) is 61.4 Å². The van der Waals surface area contributed by atoms with Gasteiger partial charge in [0, 0.05) is 68.1 Å². The SMILES string of the molecule is CCCCCCc1cc(-c2sc(/C=C(/SC=S)C(=O)NC)cc2CCCCCC)sc1/C=C/c1ccc2c(c1)C1C=C(/C=C/c3sc(-c4sc(/C=C5/SC(=S)NC5=O)cc4CCCCCC)cc3CCCCCC)C=CC1N2c1ccccc1. The highest BCUT2D eigenvalue weighted by molar-refractivity contribution is 8.27. The number of rotatable bonds is 32. The number of likely N-dealkylation sites (N-methyl/N-ethyl adjacent to an activating group) is 1. The number of carbonyl (C=O) groups excluding carboxylic acids is 2. The number of thiophene rings is 4. The maximum absolute atomic E-state index is 12.9. The molecule has 2 aromatic carbocycles. The van der Waals surface area contributed by atoms with Crippen molar-refractivity contribution in [2.24, 2.45) is 0 Å². The number of nitrogens with zero attached hydrogens (tertiary/aromatic N) is 1. The predicted molar refractivity (Wildman–Crippen MR) is 383 cm³/mol. The van der Waals surface area contributed by atoms with Gasteiger partial charge >= 0.3 is 0 Å². The molecule has 0 radical (unpaired) electrons. The number of benzene rings is 2. The van der Waals surface area contributed by atoms with Gasteiger partial charge in [-0.25, -0.2) is 0 Å². The van der Waals surface area contributed by atoms with Crippen molar-refractivity contribution in [3.05, 3.63) is 165 Å². The van der Waals surface area contributed by atoms with Crippen LogP contribution in [0.3, 0.4) is 0 Å². The molecule has 6 aromatic rings. The van der Waals surface area contributed by atoms with E-state index in [1.54, 1.807) is 23.1 Å². The van der Waals surface area contributed by atoms with Crippen LogP contribution >= 0.6 is 93.3 Å². The monoisotopic (exact) mass is 1260 g/mol. The third kappa shape index (κ3) is 16.7. The van der Waals surface area contributed by atoms with Gasteiger partial charge in [-0.2, -0.15) is 0 Å².